The number of carbonyl (C=O) groups is 1. The summed E-state index contributed by atoms with van der Waals surface area (Å²) in [6, 6.07) is 0. The van der Waals surface area contributed by atoms with Gasteiger partial charge in [0.25, 0.3) is 0 Å². The highest BCUT2D eigenvalue weighted by Gasteiger charge is 2.48. The third-order valence-corrected chi connectivity index (χ3v) is 4.77. The Balaban J connectivity index is 1.87. The summed E-state index contributed by atoms with van der Waals surface area (Å²) in [6.45, 7) is 12.8. The second-order valence-electron chi connectivity index (χ2n) is 8.41. The van der Waals surface area contributed by atoms with Gasteiger partial charge in [-0.15, -0.1) is 0 Å². The van der Waals surface area contributed by atoms with Crippen LogP contribution in [0.5, 0.6) is 0 Å². The summed E-state index contributed by atoms with van der Waals surface area (Å²) in [5.74, 6) is 1.70. The van der Waals surface area contributed by atoms with Crippen LogP contribution in [-0.4, -0.2) is 23.8 Å². The SMILES string of the molecule is CC(C)[C@H]1CC[C@H](C)C[C@@H]1OC(=O)[C@H]1C[C@H]1OC(C)(C)C. The van der Waals surface area contributed by atoms with Gasteiger partial charge in [0.1, 0.15) is 6.10 Å². The van der Waals surface area contributed by atoms with E-state index >= 15 is 0 Å². The number of rotatable bonds is 4. The Morgan fingerprint density at radius 1 is 1.10 bits per heavy atom. The molecule has 2 fully saturated rings. The van der Waals surface area contributed by atoms with Crippen molar-refractivity contribution in [3.8, 4) is 0 Å². The van der Waals surface area contributed by atoms with E-state index in [0.29, 0.717) is 17.8 Å². The van der Waals surface area contributed by atoms with Crippen molar-refractivity contribution < 1.29 is 14.3 Å². The first-order valence-electron chi connectivity index (χ1n) is 8.55. The van der Waals surface area contributed by atoms with E-state index < -0.39 is 0 Å². The topological polar surface area (TPSA) is 35.5 Å². The zero-order valence-corrected chi connectivity index (χ0v) is 14.5. The summed E-state index contributed by atoms with van der Waals surface area (Å²) in [6.07, 6.45) is 4.46. The lowest BCUT2D eigenvalue weighted by atomic mass is 9.75. The van der Waals surface area contributed by atoms with Gasteiger partial charge in [-0.25, -0.2) is 0 Å². The van der Waals surface area contributed by atoms with Crippen molar-refractivity contribution in [3.05, 3.63) is 0 Å². The molecule has 2 aliphatic carbocycles. The van der Waals surface area contributed by atoms with Crippen molar-refractivity contribution in [2.24, 2.45) is 23.7 Å². The van der Waals surface area contributed by atoms with Crippen molar-refractivity contribution in [1.82, 2.24) is 0 Å². The van der Waals surface area contributed by atoms with Crippen LogP contribution >= 0.6 is 0 Å². The normalized spacial score (nSPS) is 36.6. The highest BCUT2D eigenvalue weighted by Crippen LogP contribution is 2.40. The second-order valence-corrected chi connectivity index (χ2v) is 8.41. The third-order valence-electron chi connectivity index (χ3n) is 4.77. The molecule has 0 spiro atoms. The Morgan fingerprint density at radius 3 is 2.33 bits per heavy atom. The van der Waals surface area contributed by atoms with Crippen molar-refractivity contribution >= 4 is 5.97 Å². The molecule has 3 nitrogen and oxygen atoms in total. The first-order chi connectivity index (χ1) is 9.67. The van der Waals surface area contributed by atoms with E-state index in [1.54, 1.807) is 0 Å². The molecule has 0 aromatic carbocycles. The third kappa shape index (κ3) is 4.70. The summed E-state index contributed by atoms with van der Waals surface area (Å²) in [5.41, 5.74) is -0.181. The lowest BCUT2D eigenvalue weighted by molar-refractivity contribution is -0.159. The van der Waals surface area contributed by atoms with Gasteiger partial charge in [0.05, 0.1) is 17.6 Å². The van der Waals surface area contributed by atoms with Crippen molar-refractivity contribution in [2.45, 2.75) is 85.0 Å². The Labute approximate surface area is 129 Å². The predicted molar refractivity (Wildman–Crippen MR) is 84.0 cm³/mol. The molecular weight excluding hydrogens is 264 g/mol. The Kier molecular flexibility index (Phi) is 5.02. The first-order valence-corrected chi connectivity index (χ1v) is 8.55. The summed E-state index contributed by atoms with van der Waals surface area (Å²) < 4.78 is 11.8. The maximum absolute atomic E-state index is 12.3. The van der Waals surface area contributed by atoms with Crippen LogP contribution in [0.15, 0.2) is 0 Å². The lowest BCUT2D eigenvalue weighted by Crippen LogP contribution is -2.36. The van der Waals surface area contributed by atoms with Crippen LogP contribution in [0.2, 0.25) is 0 Å². The highest BCUT2D eigenvalue weighted by molar-refractivity contribution is 5.76. The molecule has 2 rings (SSSR count). The van der Waals surface area contributed by atoms with Gasteiger partial charge in [-0.05, 0) is 57.8 Å². The van der Waals surface area contributed by atoms with Crippen LogP contribution in [-0.2, 0) is 14.3 Å². The molecule has 0 saturated heterocycles. The van der Waals surface area contributed by atoms with Gasteiger partial charge in [0, 0.05) is 0 Å². The van der Waals surface area contributed by atoms with Crippen LogP contribution in [0, 0.1) is 23.7 Å². The minimum Gasteiger partial charge on any atom is -0.462 e. The number of carbonyl (C=O) groups excluding carboxylic acids is 1. The molecular formula is C18H32O3. The maximum Gasteiger partial charge on any atom is 0.311 e. The largest absolute Gasteiger partial charge is 0.462 e. The Hall–Kier alpha value is -0.570. The van der Waals surface area contributed by atoms with Crippen LogP contribution in [0.1, 0.15) is 67.2 Å². The predicted octanol–water partition coefficient (Wildman–Crippen LogP) is 4.19. The Morgan fingerprint density at radius 2 is 1.76 bits per heavy atom. The lowest BCUT2D eigenvalue weighted by Gasteiger charge is -2.36. The van der Waals surface area contributed by atoms with Crippen LogP contribution < -0.4 is 0 Å². The number of ether oxygens (including phenoxy) is 2. The highest BCUT2D eigenvalue weighted by atomic mass is 16.6. The number of hydrogen-bond acceptors (Lipinski definition) is 3. The van der Waals surface area contributed by atoms with E-state index in [4.69, 9.17) is 9.47 Å². The molecule has 0 aliphatic heterocycles. The minimum atomic E-state index is -0.181. The number of hydrogen-bond donors (Lipinski definition) is 0. The zero-order chi connectivity index (χ0) is 15.8. The summed E-state index contributed by atoms with van der Waals surface area (Å²) >= 11 is 0. The number of esters is 1. The average Bonchev–Trinajstić information content (AvgIpc) is 3.05. The van der Waals surface area contributed by atoms with Crippen LogP contribution in [0.4, 0.5) is 0 Å². The summed E-state index contributed by atoms with van der Waals surface area (Å²) in [5, 5.41) is 0. The van der Waals surface area contributed by atoms with Crippen LogP contribution in [0.25, 0.3) is 0 Å². The maximum atomic E-state index is 12.3. The molecule has 2 aliphatic rings. The molecule has 0 N–H and O–H groups in total. The molecule has 3 heteroatoms. The molecule has 0 unspecified atom stereocenters. The second kappa shape index (κ2) is 6.28. The standard InChI is InChI=1S/C18H32O3/c1-11(2)13-8-7-12(3)9-15(13)20-17(19)14-10-16(14)21-18(4,5)6/h11-16H,7-10H2,1-6H3/t12-,13+,14-,15-,16+/m0/s1. The van der Waals surface area contributed by atoms with E-state index in [9.17, 15) is 4.79 Å². The van der Waals surface area contributed by atoms with E-state index in [0.717, 1.165) is 12.8 Å². The van der Waals surface area contributed by atoms with Gasteiger partial charge < -0.3 is 9.47 Å². The van der Waals surface area contributed by atoms with Gasteiger partial charge in [0.15, 0.2) is 0 Å². The van der Waals surface area contributed by atoms with Gasteiger partial charge >= 0.3 is 5.97 Å². The molecule has 2 saturated carbocycles. The molecule has 0 aromatic heterocycles. The molecule has 0 radical (unpaired) electrons. The zero-order valence-electron chi connectivity index (χ0n) is 14.5. The average molecular weight is 296 g/mol. The molecule has 5 atom stereocenters. The smallest absolute Gasteiger partial charge is 0.311 e. The Bertz CT molecular complexity index is 369. The van der Waals surface area contributed by atoms with Crippen molar-refractivity contribution in [2.75, 3.05) is 0 Å². The molecule has 0 aromatic rings. The fourth-order valence-electron chi connectivity index (χ4n) is 3.49. The minimum absolute atomic E-state index is 0.0331. The molecule has 21 heavy (non-hydrogen) atoms. The van der Waals surface area contributed by atoms with Gasteiger partial charge in [-0.2, -0.15) is 0 Å². The van der Waals surface area contributed by atoms with Gasteiger partial charge in [0.2, 0.25) is 0 Å². The first kappa shape index (κ1) is 16.8. The van der Waals surface area contributed by atoms with Crippen LogP contribution in [0.3, 0.4) is 0 Å². The quantitative estimate of drug-likeness (QED) is 0.730. The molecule has 0 heterocycles. The van der Waals surface area contributed by atoms with E-state index in [-0.39, 0.29) is 29.7 Å². The van der Waals surface area contributed by atoms with E-state index in [2.05, 4.69) is 20.8 Å². The fourth-order valence-corrected chi connectivity index (χ4v) is 3.49. The molecule has 0 bridgehead atoms. The van der Waals surface area contributed by atoms with Gasteiger partial charge in [-0.1, -0.05) is 27.2 Å². The van der Waals surface area contributed by atoms with E-state index in [1.807, 2.05) is 20.8 Å². The van der Waals surface area contributed by atoms with Crippen molar-refractivity contribution in [1.29, 1.82) is 0 Å². The molecule has 0 amide bonds. The van der Waals surface area contributed by atoms with Crippen molar-refractivity contribution in [3.63, 3.8) is 0 Å². The monoisotopic (exact) mass is 296 g/mol. The van der Waals surface area contributed by atoms with E-state index in [1.165, 1.54) is 12.8 Å². The summed E-state index contributed by atoms with van der Waals surface area (Å²) in [7, 11) is 0. The van der Waals surface area contributed by atoms with Gasteiger partial charge in [-0.3, -0.25) is 4.79 Å². The molecule has 122 valence electrons. The fraction of sp³-hybridized carbons (Fsp3) is 0.944. The summed E-state index contributed by atoms with van der Waals surface area (Å²) in [4.78, 5) is 12.3.